The van der Waals surface area contributed by atoms with E-state index in [1.54, 1.807) is 0 Å². The largest absolute Gasteiger partial charge is 0.305 e. The maximum atomic E-state index is 4.41. The lowest BCUT2D eigenvalue weighted by atomic mass is 10.1. The lowest BCUT2D eigenvalue weighted by Crippen LogP contribution is -2.18. The molecule has 0 aliphatic rings. The zero-order chi connectivity index (χ0) is 13.0. The molecule has 0 radical (unpaired) electrons. The number of benzene rings is 1. The quantitative estimate of drug-likeness (QED) is 0.864. The van der Waals surface area contributed by atoms with E-state index in [-0.39, 0.29) is 0 Å². The molecular weight excluding hydrogens is 288 g/mol. The van der Waals surface area contributed by atoms with Gasteiger partial charge in [0.05, 0.1) is 5.69 Å². The van der Waals surface area contributed by atoms with Crippen LogP contribution in [0.25, 0.3) is 0 Å². The highest BCUT2D eigenvalue weighted by atomic mass is 79.9. The molecule has 0 unspecified atom stereocenters. The van der Waals surface area contributed by atoms with Crippen molar-refractivity contribution in [3.63, 3.8) is 0 Å². The summed E-state index contributed by atoms with van der Waals surface area (Å²) in [6.07, 6.45) is 0. The highest BCUT2D eigenvalue weighted by Gasteiger charge is 2.04. The minimum Gasteiger partial charge on any atom is -0.305 e. The number of nitrogens with zero attached hydrogens (tertiary/aromatic N) is 1. The Morgan fingerprint density at radius 3 is 2.56 bits per heavy atom. The molecule has 0 saturated carbocycles. The van der Waals surface area contributed by atoms with E-state index in [0.29, 0.717) is 6.04 Å². The van der Waals surface area contributed by atoms with E-state index >= 15 is 0 Å². The number of aromatic nitrogens is 1. The summed E-state index contributed by atoms with van der Waals surface area (Å²) in [5.41, 5.74) is 3.64. The predicted molar refractivity (Wildman–Crippen MR) is 78.4 cm³/mol. The highest BCUT2D eigenvalue weighted by molar-refractivity contribution is 9.10. The lowest BCUT2D eigenvalue weighted by molar-refractivity contribution is 0.567. The Bertz CT molecular complexity index is 508. The monoisotopic (exact) mass is 304 g/mol. The van der Waals surface area contributed by atoms with Crippen molar-refractivity contribution in [1.82, 2.24) is 10.3 Å². The molecule has 2 rings (SSSR count). The number of halogens is 1. The topological polar surface area (TPSA) is 24.9 Å². The maximum absolute atomic E-state index is 4.41. The fourth-order valence-corrected chi connectivity index (χ4v) is 2.16. The van der Waals surface area contributed by atoms with Gasteiger partial charge in [-0.15, -0.1) is 0 Å². The van der Waals surface area contributed by atoms with Crippen molar-refractivity contribution in [2.45, 2.75) is 26.4 Å². The molecule has 1 heterocycles. The number of aryl methyl sites for hydroxylation is 1. The Morgan fingerprint density at radius 2 is 1.89 bits per heavy atom. The van der Waals surface area contributed by atoms with Crippen LogP contribution in [0.2, 0.25) is 0 Å². The molecule has 0 aliphatic heterocycles. The molecule has 1 atom stereocenters. The van der Waals surface area contributed by atoms with Crippen LogP contribution in [0, 0.1) is 6.92 Å². The summed E-state index contributed by atoms with van der Waals surface area (Å²) < 4.78 is 0.879. The van der Waals surface area contributed by atoms with E-state index in [0.717, 1.165) is 16.8 Å². The second-order valence-electron chi connectivity index (χ2n) is 4.46. The van der Waals surface area contributed by atoms with Crippen LogP contribution in [0.1, 0.15) is 29.8 Å². The van der Waals surface area contributed by atoms with Crippen LogP contribution in [0.3, 0.4) is 0 Å². The summed E-state index contributed by atoms with van der Waals surface area (Å²) in [6, 6.07) is 14.9. The second-order valence-corrected chi connectivity index (χ2v) is 5.28. The van der Waals surface area contributed by atoms with Crippen LogP contribution < -0.4 is 5.32 Å². The van der Waals surface area contributed by atoms with Crippen molar-refractivity contribution >= 4 is 15.9 Å². The first-order valence-electron chi connectivity index (χ1n) is 6.06. The van der Waals surface area contributed by atoms with Gasteiger partial charge in [0.15, 0.2) is 0 Å². The molecule has 1 aromatic carbocycles. The Balaban J connectivity index is 1.96. The van der Waals surface area contributed by atoms with E-state index < -0.39 is 0 Å². The van der Waals surface area contributed by atoms with Gasteiger partial charge in [0.1, 0.15) is 4.60 Å². The molecule has 0 spiro atoms. The third-order valence-electron chi connectivity index (χ3n) is 2.94. The van der Waals surface area contributed by atoms with Crippen molar-refractivity contribution in [1.29, 1.82) is 0 Å². The second kappa shape index (κ2) is 6.12. The molecule has 0 bridgehead atoms. The fraction of sp³-hybridized carbons (Fsp3) is 0.267. The summed E-state index contributed by atoms with van der Waals surface area (Å²) in [5.74, 6) is 0. The first-order chi connectivity index (χ1) is 8.65. The maximum Gasteiger partial charge on any atom is 0.106 e. The molecule has 0 aliphatic carbocycles. The Kier molecular flexibility index (Phi) is 4.50. The molecule has 94 valence electrons. The molecule has 18 heavy (non-hydrogen) atoms. The third kappa shape index (κ3) is 3.65. The number of nitrogens with one attached hydrogen (secondary N) is 1. The van der Waals surface area contributed by atoms with Crippen LogP contribution in [-0.4, -0.2) is 4.98 Å². The molecule has 0 saturated heterocycles. The summed E-state index contributed by atoms with van der Waals surface area (Å²) in [7, 11) is 0. The molecule has 1 aromatic heterocycles. The van der Waals surface area contributed by atoms with Gasteiger partial charge in [-0.1, -0.05) is 35.9 Å². The molecule has 3 heteroatoms. The van der Waals surface area contributed by atoms with Gasteiger partial charge in [-0.2, -0.15) is 0 Å². The number of pyridine rings is 1. The summed E-state index contributed by atoms with van der Waals surface area (Å²) in [4.78, 5) is 4.41. The zero-order valence-electron chi connectivity index (χ0n) is 10.7. The fourth-order valence-electron chi connectivity index (χ4n) is 1.78. The molecule has 2 nitrogen and oxygen atoms in total. The van der Waals surface area contributed by atoms with E-state index in [4.69, 9.17) is 0 Å². The Labute approximate surface area is 117 Å². The normalized spacial score (nSPS) is 12.4. The number of hydrogen-bond donors (Lipinski definition) is 1. The van der Waals surface area contributed by atoms with Crippen molar-refractivity contribution < 1.29 is 0 Å². The van der Waals surface area contributed by atoms with Crippen molar-refractivity contribution in [3.05, 3.63) is 63.9 Å². The Morgan fingerprint density at radius 1 is 1.17 bits per heavy atom. The van der Waals surface area contributed by atoms with Gasteiger partial charge in [0.2, 0.25) is 0 Å². The third-order valence-corrected chi connectivity index (χ3v) is 3.38. The lowest BCUT2D eigenvalue weighted by Gasteiger charge is -2.14. The van der Waals surface area contributed by atoms with Gasteiger partial charge in [-0.05, 0) is 47.5 Å². The van der Waals surface area contributed by atoms with Gasteiger partial charge in [-0.3, -0.25) is 0 Å². The first kappa shape index (κ1) is 13.2. The SMILES string of the molecule is Cc1ccc([C@@H](C)NCc2cccc(Br)n2)cc1. The average molecular weight is 305 g/mol. The van der Waals surface area contributed by atoms with Crippen LogP contribution in [0.4, 0.5) is 0 Å². The zero-order valence-corrected chi connectivity index (χ0v) is 12.2. The minimum absolute atomic E-state index is 0.325. The summed E-state index contributed by atoms with van der Waals surface area (Å²) >= 11 is 3.38. The summed E-state index contributed by atoms with van der Waals surface area (Å²) in [5, 5.41) is 3.48. The van der Waals surface area contributed by atoms with Crippen LogP contribution in [0.5, 0.6) is 0 Å². The van der Waals surface area contributed by atoms with E-state index in [9.17, 15) is 0 Å². The highest BCUT2D eigenvalue weighted by Crippen LogP contribution is 2.14. The first-order valence-corrected chi connectivity index (χ1v) is 6.86. The van der Waals surface area contributed by atoms with Crippen molar-refractivity contribution in [2.75, 3.05) is 0 Å². The molecule has 1 N–H and O–H groups in total. The number of hydrogen-bond acceptors (Lipinski definition) is 2. The average Bonchev–Trinajstić information content (AvgIpc) is 2.37. The number of rotatable bonds is 4. The molecule has 2 aromatic rings. The molecule has 0 amide bonds. The van der Waals surface area contributed by atoms with Crippen molar-refractivity contribution in [3.8, 4) is 0 Å². The van der Waals surface area contributed by atoms with Gasteiger partial charge < -0.3 is 5.32 Å². The standard InChI is InChI=1S/C15H17BrN2/c1-11-6-8-13(9-7-11)12(2)17-10-14-4-3-5-15(16)18-14/h3-9,12,17H,10H2,1-2H3/t12-/m1/s1. The van der Waals surface area contributed by atoms with Gasteiger partial charge in [-0.25, -0.2) is 4.98 Å². The van der Waals surface area contributed by atoms with E-state index in [1.165, 1.54) is 11.1 Å². The minimum atomic E-state index is 0.325. The summed E-state index contributed by atoms with van der Waals surface area (Å²) in [6.45, 7) is 5.05. The van der Waals surface area contributed by atoms with Gasteiger partial charge in [0, 0.05) is 12.6 Å². The Hall–Kier alpha value is -1.19. The van der Waals surface area contributed by atoms with Crippen LogP contribution in [0.15, 0.2) is 47.1 Å². The van der Waals surface area contributed by atoms with E-state index in [1.807, 2.05) is 18.2 Å². The van der Waals surface area contributed by atoms with Gasteiger partial charge >= 0.3 is 0 Å². The predicted octanol–water partition coefficient (Wildman–Crippen LogP) is 4.00. The van der Waals surface area contributed by atoms with E-state index in [2.05, 4.69) is 64.3 Å². The molecule has 0 fully saturated rings. The van der Waals surface area contributed by atoms with Crippen LogP contribution in [-0.2, 0) is 6.54 Å². The smallest absolute Gasteiger partial charge is 0.106 e. The van der Waals surface area contributed by atoms with Crippen molar-refractivity contribution in [2.24, 2.45) is 0 Å². The van der Waals surface area contributed by atoms with Gasteiger partial charge in [0.25, 0.3) is 0 Å². The van der Waals surface area contributed by atoms with Crippen LogP contribution >= 0.6 is 15.9 Å². The molecular formula is C15H17BrN2.